The van der Waals surface area contributed by atoms with E-state index in [2.05, 4.69) is 32.0 Å². The van der Waals surface area contributed by atoms with Gasteiger partial charge in [-0.25, -0.2) is 8.42 Å². The second kappa shape index (κ2) is 8.07. The molecule has 3 rings (SSSR count). The van der Waals surface area contributed by atoms with Gasteiger partial charge in [0.15, 0.2) is 9.84 Å². The van der Waals surface area contributed by atoms with E-state index < -0.39 is 9.84 Å². The summed E-state index contributed by atoms with van der Waals surface area (Å²) in [5.41, 5.74) is 4.15. The number of nitrogens with zero attached hydrogens (tertiary/aromatic N) is 1. The highest BCUT2D eigenvalue weighted by Gasteiger charge is 2.29. The summed E-state index contributed by atoms with van der Waals surface area (Å²) in [5, 5.41) is 0.0219. The molecule has 0 spiro atoms. The number of rotatable bonds is 5. The first-order chi connectivity index (χ1) is 12.7. The zero-order valence-corrected chi connectivity index (χ0v) is 17.6. The maximum atomic E-state index is 13.0. The summed E-state index contributed by atoms with van der Waals surface area (Å²) in [6.45, 7) is 4.66. The van der Waals surface area contributed by atoms with Crippen molar-refractivity contribution in [2.75, 3.05) is 18.6 Å². The van der Waals surface area contributed by atoms with E-state index in [1.54, 1.807) is 4.90 Å². The van der Waals surface area contributed by atoms with E-state index in [-0.39, 0.29) is 22.7 Å². The van der Waals surface area contributed by atoms with E-state index in [1.165, 1.54) is 22.9 Å². The monoisotopic (exact) mass is 403 g/mol. The average molecular weight is 404 g/mol. The summed E-state index contributed by atoms with van der Waals surface area (Å²) >= 11 is 1.51. The molecule has 2 aromatic rings. The third-order valence-electron chi connectivity index (χ3n) is 4.85. The van der Waals surface area contributed by atoms with Gasteiger partial charge in [-0.1, -0.05) is 35.9 Å². The molecule has 27 heavy (non-hydrogen) atoms. The molecule has 0 saturated carbocycles. The van der Waals surface area contributed by atoms with Crippen LogP contribution in [-0.4, -0.2) is 43.0 Å². The molecule has 1 heterocycles. The minimum atomic E-state index is -2.93. The largest absolute Gasteiger partial charge is 0.337 e. The van der Waals surface area contributed by atoms with Crippen molar-refractivity contribution in [1.29, 1.82) is 0 Å². The van der Waals surface area contributed by atoms with Crippen LogP contribution >= 0.6 is 11.8 Å². The van der Waals surface area contributed by atoms with Gasteiger partial charge in [0.2, 0.25) is 0 Å². The fourth-order valence-electron chi connectivity index (χ4n) is 3.34. The van der Waals surface area contributed by atoms with Crippen molar-refractivity contribution in [2.45, 2.75) is 37.0 Å². The summed E-state index contributed by atoms with van der Waals surface area (Å²) in [4.78, 5) is 15.6. The van der Waals surface area contributed by atoms with Crippen LogP contribution in [-0.2, 0) is 16.4 Å². The van der Waals surface area contributed by atoms with Gasteiger partial charge < -0.3 is 4.90 Å². The molecule has 0 bridgehead atoms. The van der Waals surface area contributed by atoms with Crippen molar-refractivity contribution in [2.24, 2.45) is 0 Å². The van der Waals surface area contributed by atoms with E-state index in [0.29, 0.717) is 18.5 Å². The quantitative estimate of drug-likeness (QED) is 0.761. The lowest BCUT2D eigenvalue weighted by molar-refractivity contribution is 0.0781. The normalized spacial score (nSPS) is 18.4. The SMILES string of the molecule is Cc1ccc(CN(C)C(=O)c2ccccc2S[C@H]2CCS(=O)(=O)C2)c(C)c1. The van der Waals surface area contributed by atoms with Crippen LogP contribution in [0.1, 0.15) is 33.5 Å². The predicted molar refractivity (Wildman–Crippen MR) is 111 cm³/mol. The smallest absolute Gasteiger partial charge is 0.255 e. The van der Waals surface area contributed by atoms with Gasteiger partial charge in [-0.05, 0) is 43.5 Å². The number of benzene rings is 2. The maximum absolute atomic E-state index is 13.0. The van der Waals surface area contributed by atoms with Crippen molar-refractivity contribution in [1.82, 2.24) is 4.90 Å². The van der Waals surface area contributed by atoms with Crippen LogP contribution in [0.4, 0.5) is 0 Å². The molecule has 144 valence electrons. The molecule has 1 fully saturated rings. The Hall–Kier alpha value is -1.79. The molecule has 0 aliphatic carbocycles. The number of aryl methyl sites for hydroxylation is 2. The van der Waals surface area contributed by atoms with Gasteiger partial charge >= 0.3 is 0 Å². The summed E-state index contributed by atoms with van der Waals surface area (Å²) in [6, 6.07) is 13.7. The van der Waals surface area contributed by atoms with Crippen LogP contribution < -0.4 is 0 Å². The summed E-state index contributed by atoms with van der Waals surface area (Å²) in [7, 11) is -1.12. The molecular weight excluding hydrogens is 378 g/mol. The number of carbonyl (C=O) groups is 1. The van der Waals surface area contributed by atoms with Gasteiger partial charge in [-0.15, -0.1) is 11.8 Å². The highest BCUT2D eigenvalue weighted by molar-refractivity contribution is 8.02. The van der Waals surface area contributed by atoms with Crippen LogP contribution in [0.2, 0.25) is 0 Å². The number of hydrogen-bond donors (Lipinski definition) is 0. The van der Waals surface area contributed by atoms with E-state index in [0.717, 1.165) is 10.5 Å². The molecule has 1 atom stereocenters. The van der Waals surface area contributed by atoms with E-state index >= 15 is 0 Å². The fraction of sp³-hybridized carbons (Fsp3) is 0.381. The first kappa shape index (κ1) is 20.0. The molecule has 6 heteroatoms. The van der Waals surface area contributed by atoms with Crippen LogP contribution in [0.5, 0.6) is 0 Å². The minimum absolute atomic E-state index is 0.0219. The summed E-state index contributed by atoms with van der Waals surface area (Å²) in [5.74, 6) is 0.394. The molecule has 0 aromatic heterocycles. The lowest BCUT2D eigenvalue weighted by Gasteiger charge is -2.21. The summed E-state index contributed by atoms with van der Waals surface area (Å²) in [6.07, 6.45) is 0.647. The van der Waals surface area contributed by atoms with Gasteiger partial charge in [0.05, 0.1) is 17.1 Å². The van der Waals surface area contributed by atoms with Gasteiger partial charge in [0, 0.05) is 23.7 Å². The van der Waals surface area contributed by atoms with Crippen LogP contribution in [0, 0.1) is 13.8 Å². The standard InChI is InChI=1S/C21H25NO3S2/c1-15-8-9-17(16(2)12-15)13-22(3)21(23)19-6-4-5-7-20(19)26-18-10-11-27(24,25)14-18/h4-9,12,18H,10-11,13-14H2,1-3H3/t18-/m0/s1. The van der Waals surface area contributed by atoms with E-state index in [9.17, 15) is 13.2 Å². The topological polar surface area (TPSA) is 54.5 Å². The number of carbonyl (C=O) groups excluding carboxylic acids is 1. The van der Waals surface area contributed by atoms with Crippen LogP contribution in [0.3, 0.4) is 0 Å². The average Bonchev–Trinajstić information content (AvgIpc) is 2.95. The Labute approximate surface area is 165 Å². The molecule has 1 saturated heterocycles. The number of sulfone groups is 1. The van der Waals surface area contributed by atoms with Crippen LogP contribution in [0.15, 0.2) is 47.4 Å². The van der Waals surface area contributed by atoms with Crippen molar-refractivity contribution in [3.8, 4) is 0 Å². The highest BCUT2D eigenvalue weighted by Crippen LogP contribution is 2.33. The van der Waals surface area contributed by atoms with Crippen molar-refractivity contribution < 1.29 is 13.2 Å². The molecule has 1 aliphatic rings. The lowest BCUT2D eigenvalue weighted by atomic mass is 10.1. The van der Waals surface area contributed by atoms with Crippen molar-refractivity contribution in [3.05, 3.63) is 64.7 Å². The highest BCUT2D eigenvalue weighted by atomic mass is 32.2. The van der Waals surface area contributed by atoms with E-state index in [4.69, 9.17) is 0 Å². The third-order valence-corrected chi connectivity index (χ3v) is 8.18. The molecule has 0 unspecified atom stereocenters. The Bertz CT molecular complexity index is 954. The van der Waals surface area contributed by atoms with Gasteiger partial charge in [0.25, 0.3) is 5.91 Å². The zero-order chi connectivity index (χ0) is 19.6. The van der Waals surface area contributed by atoms with E-state index in [1.807, 2.05) is 31.3 Å². The van der Waals surface area contributed by atoms with Gasteiger partial charge in [-0.3, -0.25) is 4.79 Å². The zero-order valence-electron chi connectivity index (χ0n) is 15.9. The van der Waals surface area contributed by atoms with Crippen LogP contribution in [0.25, 0.3) is 0 Å². The van der Waals surface area contributed by atoms with Crippen molar-refractivity contribution in [3.63, 3.8) is 0 Å². The molecule has 1 amide bonds. The Morgan fingerprint density at radius 2 is 1.93 bits per heavy atom. The Morgan fingerprint density at radius 1 is 1.19 bits per heavy atom. The molecular formula is C21H25NO3S2. The first-order valence-corrected chi connectivity index (χ1v) is 11.7. The minimum Gasteiger partial charge on any atom is -0.337 e. The fourth-order valence-corrected chi connectivity index (χ4v) is 6.96. The lowest BCUT2D eigenvalue weighted by Crippen LogP contribution is -2.27. The molecule has 2 aromatic carbocycles. The molecule has 1 aliphatic heterocycles. The van der Waals surface area contributed by atoms with Gasteiger partial charge in [0.1, 0.15) is 0 Å². The molecule has 0 radical (unpaired) electrons. The second-order valence-corrected chi connectivity index (χ2v) is 10.8. The second-order valence-electron chi connectivity index (χ2n) is 7.23. The Morgan fingerprint density at radius 3 is 2.59 bits per heavy atom. The number of amides is 1. The first-order valence-electron chi connectivity index (χ1n) is 9.03. The molecule has 0 N–H and O–H groups in total. The third kappa shape index (κ3) is 4.93. The Balaban J connectivity index is 1.76. The van der Waals surface area contributed by atoms with Crippen molar-refractivity contribution >= 4 is 27.5 Å². The molecule has 4 nitrogen and oxygen atoms in total. The summed E-state index contributed by atoms with van der Waals surface area (Å²) < 4.78 is 23.5. The van der Waals surface area contributed by atoms with Gasteiger partial charge in [-0.2, -0.15) is 0 Å². The Kier molecular flexibility index (Phi) is 5.96. The number of thioether (sulfide) groups is 1. The maximum Gasteiger partial charge on any atom is 0.255 e. The predicted octanol–water partition coefficient (Wildman–Crippen LogP) is 3.85. The number of hydrogen-bond acceptors (Lipinski definition) is 4.